The lowest BCUT2D eigenvalue weighted by Crippen LogP contribution is -2.43. The van der Waals surface area contributed by atoms with Gasteiger partial charge in [-0.1, -0.05) is 43.2 Å². The molecule has 1 fully saturated rings. The summed E-state index contributed by atoms with van der Waals surface area (Å²) in [6, 6.07) is 10.4. The van der Waals surface area contributed by atoms with Gasteiger partial charge in [0.25, 0.3) is 0 Å². The highest BCUT2D eigenvalue weighted by Crippen LogP contribution is 2.40. The fourth-order valence-corrected chi connectivity index (χ4v) is 3.35. The van der Waals surface area contributed by atoms with Gasteiger partial charge in [0.2, 0.25) is 0 Å². The number of benzene rings is 1. The van der Waals surface area contributed by atoms with E-state index in [0.717, 1.165) is 38.7 Å². The first-order valence-corrected chi connectivity index (χ1v) is 8.84. The second-order valence-corrected chi connectivity index (χ2v) is 6.42. The van der Waals surface area contributed by atoms with E-state index < -0.39 is 0 Å². The van der Waals surface area contributed by atoms with Crippen LogP contribution in [-0.4, -0.2) is 32.8 Å². The molecule has 1 aliphatic carbocycles. The molecule has 0 aliphatic heterocycles. The second-order valence-electron chi connectivity index (χ2n) is 6.42. The van der Waals surface area contributed by atoms with Crippen molar-refractivity contribution >= 4 is 5.96 Å². The maximum Gasteiger partial charge on any atom is 0.191 e. The largest absolute Gasteiger partial charge is 0.382 e. The van der Waals surface area contributed by atoms with E-state index in [0.29, 0.717) is 5.41 Å². The highest BCUT2D eigenvalue weighted by Gasteiger charge is 2.33. The molecular formula is C19H31N3O. The van der Waals surface area contributed by atoms with Gasteiger partial charge in [-0.3, -0.25) is 4.99 Å². The third kappa shape index (κ3) is 5.87. The minimum absolute atomic E-state index is 0.375. The molecule has 0 saturated heterocycles. The van der Waals surface area contributed by atoms with Crippen LogP contribution in [0.2, 0.25) is 0 Å². The Morgan fingerprint density at radius 3 is 2.57 bits per heavy atom. The third-order valence-corrected chi connectivity index (χ3v) is 4.80. The van der Waals surface area contributed by atoms with E-state index in [-0.39, 0.29) is 0 Å². The van der Waals surface area contributed by atoms with Crippen LogP contribution in [0.15, 0.2) is 35.3 Å². The molecule has 23 heavy (non-hydrogen) atoms. The molecule has 0 unspecified atom stereocenters. The zero-order chi connectivity index (χ0) is 16.4. The van der Waals surface area contributed by atoms with Gasteiger partial charge in [0.05, 0.1) is 0 Å². The average Bonchev–Trinajstić information content (AvgIpc) is 3.05. The Morgan fingerprint density at radius 2 is 1.91 bits per heavy atom. The molecule has 0 bridgehead atoms. The molecule has 0 heterocycles. The average molecular weight is 317 g/mol. The molecule has 128 valence electrons. The fourth-order valence-electron chi connectivity index (χ4n) is 3.35. The van der Waals surface area contributed by atoms with E-state index in [1.165, 1.54) is 31.2 Å². The Balaban J connectivity index is 1.80. The van der Waals surface area contributed by atoms with Gasteiger partial charge >= 0.3 is 0 Å². The van der Waals surface area contributed by atoms with Crippen LogP contribution in [0.1, 0.15) is 44.6 Å². The molecule has 4 nitrogen and oxygen atoms in total. The molecule has 0 radical (unpaired) electrons. The highest BCUT2D eigenvalue weighted by atomic mass is 16.5. The maximum absolute atomic E-state index is 5.59. The van der Waals surface area contributed by atoms with Gasteiger partial charge in [-0.15, -0.1) is 0 Å². The van der Waals surface area contributed by atoms with Crippen molar-refractivity contribution < 1.29 is 4.74 Å². The normalized spacial score (nSPS) is 17.2. The van der Waals surface area contributed by atoms with Crippen LogP contribution in [0.4, 0.5) is 0 Å². The molecule has 0 spiro atoms. The van der Waals surface area contributed by atoms with Crippen LogP contribution in [0.5, 0.6) is 0 Å². The van der Waals surface area contributed by atoms with Gasteiger partial charge in [-0.05, 0) is 37.2 Å². The molecule has 2 N–H and O–H groups in total. The Labute approximate surface area is 140 Å². The van der Waals surface area contributed by atoms with Crippen molar-refractivity contribution in [2.45, 2.75) is 45.6 Å². The molecule has 0 atom stereocenters. The zero-order valence-corrected chi connectivity index (χ0v) is 14.6. The minimum atomic E-state index is 0.375. The summed E-state index contributed by atoms with van der Waals surface area (Å²) in [7, 11) is 1.84. The summed E-state index contributed by atoms with van der Waals surface area (Å²) in [4.78, 5) is 4.35. The number of nitrogens with zero attached hydrogens (tertiary/aromatic N) is 1. The molecule has 1 saturated carbocycles. The van der Waals surface area contributed by atoms with Crippen molar-refractivity contribution in [3.05, 3.63) is 35.9 Å². The van der Waals surface area contributed by atoms with Gasteiger partial charge in [0.15, 0.2) is 5.96 Å². The Kier molecular flexibility index (Phi) is 7.40. The van der Waals surface area contributed by atoms with Crippen LogP contribution >= 0.6 is 0 Å². The summed E-state index contributed by atoms with van der Waals surface area (Å²) in [5.41, 5.74) is 1.64. The molecular weight excluding hydrogens is 286 g/mol. The quantitative estimate of drug-likeness (QED) is 0.439. The number of guanidine groups is 1. The van der Waals surface area contributed by atoms with Crippen molar-refractivity contribution in [2.75, 3.05) is 26.8 Å². The number of hydrogen-bond donors (Lipinski definition) is 2. The van der Waals surface area contributed by atoms with E-state index in [2.05, 4.69) is 46.8 Å². The molecule has 1 aromatic carbocycles. The number of aliphatic imine (C=N–C) groups is 1. The summed E-state index contributed by atoms with van der Waals surface area (Å²) < 4.78 is 5.59. The topological polar surface area (TPSA) is 45.6 Å². The van der Waals surface area contributed by atoms with Crippen LogP contribution < -0.4 is 10.6 Å². The van der Waals surface area contributed by atoms with Crippen molar-refractivity contribution in [3.8, 4) is 0 Å². The lowest BCUT2D eigenvalue weighted by Gasteiger charge is -2.30. The molecule has 2 rings (SSSR count). The highest BCUT2D eigenvalue weighted by molar-refractivity contribution is 5.79. The van der Waals surface area contributed by atoms with Crippen molar-refractivity contribution in [1.82, 2.24) is 10.6 Å². The molecule has 4 heteroatoms. The van der Waals surface area contributed by atoms with Gasteiger partial charge in [0.1, 0.15) is 0 Å². The lowest BCUT2D eigenvalue weighted by molar-refractivity contribution is 0.105. The van der Waals surface area contributed by atoms with Crippen molar-refractivity contribution in [3.63, 3.8) is 0 Å². The summed E-state index contributed by atoms with van der Waals surface area (Å²) in [6.07, 6.45) is 6.41. The standard InChI is InChI=1S/C19H31N3O/c1-3-23-14-13-19(11-7-8-12-19)16-22-18(20-2)21-15-17-9-5-4-6-10-17/h4-6,9-10H,3,7-8,11-16H2,1-2H3,(H2,20,21,22). The predicted octanol–water partition coefficient (Wildman–Crippen LogP) is 3.34. The van der Waals surface area contributed by atoms with E-state index in [1.807, 2.05) is 13.1 Å². The van der Waals surface area contributed by atoms with Crippen molar-refractivity contribution in [1.29, 1.82) is 0 Å². The van der Waals surface area contributed by atoms with Gasteiger partial charge < -0.3 is 15.4 Å². The van der Waals surface area contributed by atoms with E-state index in [9.17, 15) is 0 Å². The fraction of sp³-hybridized carbons (Fsp3) is 0.632. The van der Waals surface area contributed by atoms with Gasteiger partial charge in [-0.25, -0.2) is 0 Å². The molecule has 1 aromatic rings. The van der Waals surface area contributed by atoms with E-state index in [1.54, 1.807) is 0 Å². The Hall–Kier alpha value is -1.55. The number of nitrogens with one attached hydrogen (secondary N) is 2. The summed E-state index contributed by atoms with van der Waals surface area (Å²) >= 11 is 0. The van der Waals surface area contributed by atoms with Crippen LogP contribution in [0.25, 0.3) is 0 Å². The second kappa shape index (κ2) is 9.56. The Morgan fingerprint density at radius 1 is 1.17 bits per heavy atom. The van der Waals surface area contributed by atoms with Crippen LogP contribution in [0.3, 0.4) is 0 Å². The first kappa shape index (κ1) is 17.8. The summed E-state index contributed by atoms with van der Waals surface area (Å²) in [6.45, 7) is 5.52. The maximum atomic E-state index is 5.59. The first-order chi connectivity index (χ1) is 11.3. The van der Waals surface area contributed by atoms with E-state index >= 15 is 0 Å². The van der Waals surface area contributed by atoms with Crippen LogP contribution in [-0.2, 0) is 11.3 Å². The Bertz CT molecular complexity index is 467. The summed E-state index contributed by atoms with van der Waals surface area (Å²) in [5, 5.41) is 6.93. The lowest BCUT2D eigenvalue weighted by atomic mass is 9.83. The van der Waals surface area contributed by atoms with E-state index in [4.69, 9.17) is 4.74 Å². The number of rotatable bonds is 8. The molecule has 0 aromatic heterocycles. The smallest absolute Gasteiger partial charge is 0.191 e. The predicted molar refractivity (Wildman–Crippen MR) is 96.7 cm³/mol. The SMILES string of the molecule is CCOCCC1(CNC(=NC)NCc2ccccc2)CCCC1. The molecule has 0 amide bonds. The van der Waals surface area contributed by atoms with Crippen LogP contribution in [0, 0.1) is 5.41 Å². The summed E-state index contributed by atoms with van der Waals surface area (Å²) in [5.74, 6) is 0.886. The zero-order valence-electron chi connectivity index (χ0n) is 14.6. The van der Waals surface area contributed by atoms with Gasteiger partial charge in [0, 0.05) is 33.4 Å². The number of ether oxygens (including phenoxy) is 1. The minimum Gasteiger partial charge on any atom is -0.382 e. The third-order valence-electron chi connectivity index (χ3n) is 4.80. The van der Waals surface area contributed by atoms with Gasteiger partial charge in [-0.2, -0.15) is 0 Å². The monoisotopic (exact) mass is 317 g/mol. The molecule has 1 aliphatic rings. The van der Waals surface area contributed by atoms with Crippen molar-refractivity contribution in [2.24, 2.45) is 10.4 Å². The number of hydrogen-bond acceptors (Lipinski definition) is 2. The first-order valence-electron chi connectivity index (χ1n) is 8.84.